The molecule has 0 saturated carbocycles. The molecule has 1 amide bonds. The van der Waals surface area contributed by atoms with Crippen molar-refractivity contribution in [2.45, 2.75) is 26.8 Å². The molecule has 0 spiro atoms. The highest BCUT2D eigenvalue weighted by Gasteiger charge is 2.10. The molecule has 0 radical (unpaired) electrons. The molecule has 3 aromatic rings. The van der Waals surface area contributed by atoms with E-state index < -0.39 is 0 Å². The minimum Gasteiger partial charge on any atom is -0.361 e. The van der Waals surface area contributed by atoms with Gasteiger partial charge in [0.05, 0.1) is 17.8 Å². The van der Waals surface area contributed by atoms with Gasteiger partial charge in [0, 0.05) is 12.1 Å². The maximum atomic E-state index is 12.0. The molecule has 8 heteroatoms. The van der Waals surface area contributed by atoms with Gasteiger partial charge < -0.3 is 9.84 Å². The van der Waals surface area contributed by atoms with Crippen LogP contribution in [-0.4, -0.2) is 31.3 Å². The maximum Gasteiger partial charge on any atom is 0.224 e. The van der Waals surface area contributed by atoms with Crippen LogP contribution in [0, 0.1) is 13.8 Å². The zero-order valence-electron chi connectivity index (χ0n) is 12.9. The van der Waals surface area contributed by atoms with Crippen molar-refractivity contribution in [2.24, 2.45) is 0 Å². The van der Waals surface area contributed by atoms with Crippen molar-refractivity contribution in [3.63, 3.8) is 0 Å². The Labute approximate surface area is 132 Å². The van der Waals surface area contributed by atoms with Gasteiger partial charge in [0.1, 0.15) is 12.1 Å². The number of carbonyl (C=O) groups is 1. The highest BCUT2D eigenvalue weighted by Crippen LogP contribution is 2.12. The molecule has 0 bridgehead atoms. The summed E-state index contributed by atoms with van der Waals surface area (Å²) in [5, 5.41) is 17.7. The Morgan fingerprint density at radius 1 is 1.26 bits per heavy atom. The standard InChI is InChI=1S/C15H16N6O2/c1-10-14(11(2)23-18-10)8-16-15(22)7-12-3-5-13(6-4-12)21-9-17-19-20-21/h3-6,9H,7-8H2,1-2H3,(H,16,22). The van der Waals surface area contributed by atoms with E-state index in [1.807, 2.05) is 38.1 Å². The molecule has 2 aromatic heterocycles. The van der Waals surface area contributed by atoms with Crippen molar-refractivity contribution >= 4 is 5.91 Å². The van der Waals surface area contributed by atoms with Crippen LogP contribution in [0.1, 0.15) is 22.6 Å². The van der Waals surface area contributed by atoms with Crippen LogP contribution < -0.4 is 5.32 Å². The van der Waals surface area contributed by atoms with Gasteiger partial charge in [0.25, 0.3) is 0 Å². The summed E-state index contributed by atoms with van der Waals surface area (Å²) in [6, 6.07) is 7.50. The van der Waals surface area contributed by atoms with Crippen LogP contribution in [0.25, 0.3) is 5.69 Å². The van der Waals surface area contributed by atoms with Gasteiger partial charge in [-0.05, 0) is 42.0 Å². The summed E-state index contributed by atoms with van der Waals surface area (Å²) in [4.78, 5) is 12.0. The topological polar surface area (TPSA) is 98.7 Å². The van der Waals surface area contributed by atoms with Crippen molar-refractivity contribution in [1.29, 1.82) is 0 Å². The van der Waals surface area contributed by atoms with Gasteiger partial charge in [-0.3, -0.25) is 4.79 Å². The Morgan fingerprint density at radius 2 is 2.04 bits per heavy atom. The Morgan fingerprint density at radius 3 is 2.65 bits per heavy atom. The number of aryl methyl sites for hydroxylation is 2. The van der Waals surface area contributed by atoms with Crippen LogP contribution in [0.2, 0.25) is 0 Å². The van der Waals surface area contributed by atoms with E-state index in [-0.39, 0.29) is 5.91 Å². The molecule has 0 saturated heterocycles. The Kier molecular flexibility index (Phi) is 4.13. The molecule has 0 aliphatic carbocycles. The number of nitrogens with zero attached hydrogens (tertiary/aromatic N) is 5. The first kappa shape index (κ1) is 14.9. The van der Waals surface area contributed by atoms with Crippen molar-refractivity contribution < 1.29 is 9.32 Å². The molecule has 118 valence electrons. The lowest BCUT2D eigenvalue weighted by atomic mass is 10.1. The minimum atomic E-state index is -0.0554. The summed E-state index contributed by atoms with van der Waals surface area (Å²) in [5.74, 6) is 0.675. The predicted molar refractivity (Wildman–Crippen MR) is 80.7 cm³/mol. The van der Waals surface area contributed by atoms with Crippen LogP contribution in [0.3, 0.4) is 0 Å². The zero-order valence-corrected chi connectivity index (χ0v) is 12.9. The molecule has 0 atom stereocenters. The molecule has 1 N–H and O–H groups in total. The maximum absolute atomic E-state index is 12.0. The molecular weight excluding hydrogens is 296 g/mol. The number of rotatable bonds is 5. The second kappa shape index (κ2) is 6.39. The van der Waals surface area contributed by atoms with Gasteiger partial charge in [-0.25, -0.2) is 4.68 Å². The van der Waals surface area contributed by atoms with Gasteiger partial charge in [-0.1, -0.05) is 17.3 Å². The van der Waals surface area contributed by atoms with Gasteiger partial charge in [0.2, 0.25) is 5.91 Å². The zero-order chi connectivity index (χ0) is 16.2. The summed E-state index contributed by atoms with van der Waals surface area (Å²) in [6.07, 6.45) is 1.82. The molecule has 0 unspecified atom stereocenters. The fourth-order valence-corrected chi connectivity index (χ4v) is 2.24. The van der Waals surface area contributed by atoms with Crippen molar-refractivity contribution in [3.05, 3.63) is 53.2 Å². The lowest BCUT2D eigenvalue weighted by molar-refractivity contribution is -0.120. The summed E-state index contributed by atoms with van der Waals surface area (Å²) in [7, 11) is 0. The lowest BCUT2D eigenvalue weighted by Gasteiger charge is -2.06. The summed E-state index contributed by atoms with van der Waals surface area (Å²) in [6.45, 7) is 4.11. The average Bonchev–Trinajstić information content (AvgIpc) is 3.17. The Hall–Kier alpha value is -3.03. The minimum absolute atomic E-state index is 0.0554. The average molecular weight is 312 g/mol. The number of nitrogens with one attached hydrogen (secondary N) is 1. The van der Waals surface area contributed by atoms with Crippen molar-refractivity contribution in [3.8, 4) is 5.69 Å². The van der Waals surface area contributed by atoms with E-state index in [1.54, 1.807) is 4.68 Å². The molecule has 0 aliphatic heterocycles. The molecule has 2 heterocycles. The first-order valence-corrected chi connectivity index (χ1v) is 7.14. The fourth-order valence-electron chi connectivity index (χ4n) is 2.24. The number of hydrogen-bond acceptors (Lipinski definition) is 6. The Balaban J connectivity index is 1.58. The summed E-state index contributed by atoms with van der Waals surface area (Å²) < 4.78 is 6.63. The summed E-state index contributed by atoms with van der Waals surface area (Å²) in [5.41, 5.74) is 3.48. The highest BCUT2D eigenvalue weighted by molar-refractivity contribution is 5.78. The van der Waals surface area contributed by atoms with E-state index in [1.165, 1.54) is 6.33 Å². The van der Waals surface area contributed by atoms with Gasteiger partial charge in [-0.2, -0.15) is 0 Å². The third-order valence-electron chi connectivity index (χ3n) is 3.56. The third-order valence-corrected chi connectivity index (χ3v) is 3.56. The Bertz CT molecular complexity index is 772. The molecule has 8 nitrogen and oxygen atoms in total. The highest BCUT2D eigenvalue weighted by atomic mass is 16.5. The SMILES string of the molecule is Cc1noc(C)c1CNC(=O)Cc1ccc(-n2cnnn2)cc1. The molecule has 1 aromatic carbocycles. The van der Waals surface area contributed by atoms with E-state index >= 15 is 0 Å². The van der Waals surface area contributed by atoms with Crippen molar-refractivity contribution in [1.82, 2.24) is 30.7 Å². The van der Waals surface area contributed by atoms with E-state index in [2.05, 4.69) is 26.0 Å². The molecular formula is C15H16N6O2. The van der Waals surface area contributed by atoms with E-state index in [9.17, 15) is 4.79 Å². The number of carbonyl (C=O) groups excluding carboxylic acids is 1. The van der Waals surface area contributed by atoms with Crippen LogP contribution in [-0.2, 0) is 17.8 Å². The first-order chi connectivity index (χ1) is 11.1. The number of tetrazole rings is 1. The molecule has 0 aliphatic rings. The number of aromatic nitrogens is 5. The normalized spacial score (nSPS) is 10.7. The fraction of sp³-hybridized carbons (Fsp3) is 0.267. The second-order valence-corrected chi connectivity index (χ2v) is 5.18. The lowest BCUT2D eigenvalue weighted by Crippen LogP contribution is -2.25. The monoisotopic (exact) mass is 312 g/mol. The number of amides is 1. The molecule has 0 fully saturated rings. The van der Waals surface area contributed by atoms with Gasteiger partial charge in [-0.15, -0.1) is 5.10 Å². The van der Waals surface area contributed by atoms with Crippen LogP contribution in [0.5, 0.6) is 0 Å². The summed E-state index contributed by atoms with van der Waals surface area (Å²) >= 11 is 0. The van der Waals surface area contributed by atoms with Crippen LogP contribution in [0.15, 0.2) is 35.1 Å². The molecule has 23 heavy (non-hydrogen) atoms. The first-order valence-electron chi connectivity index (χ1n) is 7.14. The second-order valence-electron chi connectivity index (χ2n) is 5.18. The van der Waals surface area contributed by atoms with Gasteiger partial charge >= 0.3 is 0 Å². The number of hydrogen-bond donors (Lipinski definition) is 1. The van der Waals surface area contributed by atoms with E-state index in [4.69, 9.17) is 4.52 Å². The van der Waals surface area contributed by atoms with Crippen LogP contribution >= 0.6 is 0 Å². The van der Waals surface area contributed by atoms with Crippen LogP contribution in [0.4, 0.5) is 0 Å². The van der Waals surface area contributed by atoms with Gasteiger partial charge in [0.15, 0.2) is 0 Å². The van der Waals surface area contributed by atoms with E-state index in [0.717, 1.165) is 28.3 Å². The smallest absolute Gasteiger partial charge is 0.224 e. The largest absolute Gasteiger partial charge is 0.361 e. The third kappa shape index (κ3) is 3.42. The predicted octanol–water partition coefficient (Wildman–Crippen LogP) is 1.13. The molecule has 3 rings (SSSR count). The number of benzene rings is 1. The van der Waals surface area contributed by atoms with Crippen molar-refractivity contribution in [2.75, 3.05) is 0 Å². The quantitative estimate of drug-likeness (QED) is 0.758. The van der Waals surface area contributed by atoms with E-state index in [0.29, 0.717) is 13.0 Å².